The Morgan fingerprint density at radius 3 is 2.53 bits per heavy atom. The van der Waals surface area contributed by atoms with E-state index in [9.17, 15) is 9.59 Å². The van der Waals surface area contributed by atoms with Gasteiger partial charge in [0.2, 0.25) is 11.8 Å². The smallest absolute Gasteiger partial charge is 0.304 e. The zero-order valence-electron chi connectivity index (χ0n) is 10.4. The minimum atomic E-state index is -0.810. The van der Waals surface area contributed by atoms with Crippen molar-refractivity contribution in [3.05, 3.63) is 5.82 Å². The van der Waals surface area contributed by atoms with Gasteiger partial charge in [-0.1, -0.05) is 0 Å². The lowest BCUT2D eigenvalue weighted by atomic mass is 10.3. The first-order valence-electron chi connectivity index (χ1n) is 5.97. The number of amides is 1. The van der Waals surface area contributed by atoms with E-state index in [1.807, 2.05) is 4.90 Å². The fourth-order valence-corrected chi connectivity index (χ4v) is 1.95. The van der Waals surface area contributed by atoms with Crippen molar-refractivity contribution < 1.29 is 14.7 Å². The number of nitrogens with one attached hydrogen (secondary N) is 1. The van der Waals surface area contributed by atoms with Gasteiger partial charge in [-0.15, -0.1) is 5.10 Å². The van der Waals surface area contributed by atoms with Crippen molar-refractivity contribution in [3.8, 4) is 0 Å². The summed E-state index contributed by atoms with van der Waals surface area (Å²) in [5.74, 6) is -0.863. The first kappa shape index (κ1) is 13.3. The van der Waals surface area contributed by atoms with E-state index in [-0.39, 0.29) is 24.1 Å². The summed E-state index contributed by atoms with van der Waals surface area (Å²) in [5, 5.41) is 14.7. The molecule has 0 spiro atoms. The lowest BCUT2D eigenvalue weighted by molar-refractivity contribution is -0.137. The highest BCUT2D eigenvalue weighted by Crippen LogP contribution is 2.06. The van der Waals surface area contributed by atoms with Crippen LogP contribution >= 0.6 is 0 Å². The average Bonchev–Trinajstić information content (AvgIpc) is 2.83. The molecule has 1 saturated heterocycles. The van der Waals surface area contributed by atoms with Crippen molar-refractivity contribution in [1.29, 1.82) is 0 Å². The standard InChI is InChI=1S/C10H16N6O3/c11-10-12-8(13-14-10)9(19)16-5-3-15(4-6-16)2-1-7(17)18/h1-6H2,(H,17,18)(H3,11,12,13,14). The number of nitrogens with zero attached hydrogens (tertiary/aromatic N) is 4. The molecule has 1 aromatic rings. The van der Waals surface area contributed by atoms with E-state index >= 15 is 0 Å². The van der Waals surface area contributed by atoms with Gasteiger partial charge in [0.15, 0.2) is 0 Å². The van der Waals surface area contributed by atoms with E-state index in [4.69, 9.17) is 10.8 Å². The van der Waals surface area contributed by atoms with Gasteiger partial charge in [-0.3, -0.25) is 19.6 Å². The first-order chi connectivity index (χ1) is 9.06. The van der Waals surface area contributed by atoms with Gasteiger partial charge in [0, 0.05) is 32.7 Å². The van der Waals surface area contributed by atoms with Crippen LogP contribution in [0.4, 0.5) is 5.95 Å². The summed E-state index contributed by atoms with van der Waals surface area (Å²) in [5.41, 5.74) is 5.35. The number of hydrogen-bond donors (Lipinski definition) is 3. The summed E-state index contributed by atoms with van der Waals surface area (Å²) in [4.78, 5) is 30.0. The SMILES string of the molecule is Nc1n[nH]c(C(=O)N2CCN(CCC(=O)O)CC2)n1. The predicted octanol–water partition coefficient (Wildman–Crippen LogP) is -1.38. The Hall–Kier alpha value is -2.16. The largest absolute Gasteiger partial charge is 0.481 e. The molecule has 0 saturated carbocycles. The second-order valence-corrected chi connectivity index (χ2v) is 4.32. The fourth-order valence-electron chi connectivity index (χ4n) is 1.95. The van der Waals surface area contributed by atoms with Gasteiger partial charge in [0.1, 0.15) is 0 Å². The van der Waals surface area contributed by atoms with Crippen molar-refractivity contribution in [3.63, 3.8) is 0 Å². The maximum Gasteiger partial charge on any atom is 0.304 e. The second-order valence-electron chi connectivity index (χ2n) is 4.32. The number of hydrogen-bond acceptors (Lipinski definition) is 6. The van der Waals surface area contributed by atoms with Gasteiger partial charge in [-0.25, -0.2) is 0 Å². The molecule has 19 heavy (non-hydrogen) atoms. The van der Waals surface area contributed by atoms with E-state index < -0.39 is 5.97 Å². The summed E-state index contributed by atoms with van der Waals surface area (Å²) < 4.78 is 0. The fraction of sp³-hybridized carbons (Fsp3) is 0.600. The molecule has 9 heteroatoms. The van der Waals surface area contributed by atoms with Crippen LogP contribution in [0.5, 0.6) is 0 Å². The van der Waals surface area contributed by atoms with Crippen molar-refractivity contribution in [1.82, 2.24) is 25.0 Å². The van der Waals surface area contributed by atoms with E-state index in [0.717, 1.165) is 0 Å². The second kappa shape index (κ2) is 5.65. The lowest BCUT2D eigenvalue weighted by Crippen LogP contribution is -2.49. The molecule has 4 N–H and O–H groups in total. The molecule has 1 aliphatic rings. The van der Waals surface area contributed by atoms with E-state index in [0.29, 0.717) is 32.7 Å². The molecule has 9 nitrogen and oxygen atoms in total. The normalized spacial score (nSPS) is 16.5. The minimum Gasteiger partial charge on any atom is -0.481 e. The molecule has 1 aliphatic heterocycles. The molecule has 0 aliphatic carbocycles. The van der Waals surface area contributed by atoms with Crippen molar-refractivity contribution in [2.45, 2.75) is 6.42 Å². The molecule has 1 fully saturated rings. The maximum atomic E-state index is 12.0. The number of rotatable bonds is 4. The van der Waals surface area contributed by atoms with Crippen LogP contribution in [-0.2, 0) is 4.79 Å². The number of piperazine rings is 1. The van der Waals surface area contributed by atoms with Crippen LogP contribution in [0.3, 0.4) is 0 Å². The Kier molecular flexibility index (Phi) is 3.95. The Morgan fingerprint density at radius 1 is 1.32 bits per heavy atom. The molecule has 0 aromatic carbocycles. The molecule has 0 bridgehead atoms. The van der Waals surface area contributed by atoms with Crippen LogP contribution < -0.4 is 5.73 Å². The number of aromatic nitrogens is 3. The molecule has 0 unspecified atom stereocenters. The highest BCUT2D eigenvalue weighted by molar-refractivity contribution is 5.90. The van der Waals surface area contributed by atoms with Gasteiger partial charge in [-0.2, -0.15) is 4.98 Å². The predicted molar refractivity (Wildman–Crippen MR) is 65.4 cm³/mol. The van der Waals surface area contributed by atoms with E-state index in [2.05, 4.69) is 15.2 Å². The molecule has 2 heterocycles. The molecular formula is C10H16N6O3. The van der Waals surface area contributed by atoms with Gasteiger partial charge in [0.25, 0.3) is 5.91 Å². The third-order valence-corrected chi connectivity index (χ3v) is 3.01. The monoisotopic (exact) mass is 268 g/mol. The van der Waals surface area contributed by atoms with Gasteiger partial charge >= 0.3 is 5.97 Å². The van der Waals surface area contributed by atoms with Gasteiger partial charge < -0.3 is 15.7 Å². The van der Waals surface area contributed by atoms with E-state index in [1.165, 1.54) is 0 Å². The summed E-state index contributed by atoms with van der Waals surface area (Å²) in [6, 6.07) is 0. The van der Waals surface area contributed by atoms with Crippen LogP contribution in [0.15, 0.2) is 0 Å². The van der Waals surface area contributed by atoms with Crippen LogP contribution in [0.1, 0.15) is 17.0 Å². The van der Waals surface area contributed by atoms with Crippen LogP contribution in [0.25, 0.3) is 0 Å². The number of nitrogens with two attached hydrogens (primary N) is 1. The molecule has 1 amide bonds. The first-order valence-corrected chi connectivity index (χ1v) is 5.97. The molecule has 104 valence electrons. The maximum absolute atomic E-state index is 12.0. The van der Waals surface area contributed by atoms with Crippen LogP contribution in [0, 0.1) is 0 Å². The molecule has 2 rings (SSSR count). The number of anilines is 1. The summed E-state index contributed by atoms with van der Waals surface area (Å²) in [6.45, 7) is 2.90. The zero-order valence-corrected chi connectivity index (χ0v) is 10.4. The average molecular weight is 268 g/mol. The van der Waals surface area contributed by atoms with Crippen LogP contribution in [-0.4, -0.2) is 74.7 Å². The van der Waals surface area contributed by atoms with E-state index in [1.54, 1.807) is 4.90 Å². The van der Waals surface area contributed by atoms with Gasteiger partial charge in [0.05, 0.1) is 6.42 Å². The Morgan fingerprint density at radius 2 is 2.00 bits per heavy atom. The number of carbonyl (C=O) groups is 2. The molecule has 0 atom stereocenters. The van der Waals surface area contributed by atoms with Crippen molar-refractivity contribution in [2.75, 3.05) is 38.5 Å². The van der Waals surface area contributed by atoms with Crippen molar-refractivity contribution >= 4 is 17.8 Å². The van der Waals surface area contributed by atoms with Crippen LogP contribution in [0.2, 0.25) is 0 Å². The quantitative estimate of drug-likeness (QED) is 0.613. The number of carboxylic acids is 1. The van der Waals surface area contributed by atoms with Crippen molar-refractivity contribution in [2.24, 2.45) is 0 Å². The highest BCUT2D eigenvalue weighted by atomic mass is 16.4. The lowest BCUT2D eigenvalue weighted by Gasteiger charge is -2.33. The number of nitrogen functional groups attached to an aromatic ring is 1. The number of aromatic amines is 1. The number of carboxylic acid groups (broad SMARTS) is 1. The molecule has 0 radical (unpaired) electrons. The molecule has 1 aromatic heterocycles. The third kappa shape index (κ3) is 3.41. The summed E-state index contributed by atoms with van der Waals surface area (Å²) in [6.07, 6.45) is 0.118. The minimum absolute atomic E-state index is 0.0449. The topological polar surface area (TPSA) is 128 Å². The summed E-state index contributed by atoms with van der Waals surface area (Å²) in [7, 11) is 0. The Bertz CT molecular complexity index is 466. The Balaban J connectivity index is 1.83. The number of H-pyrrole nitrogens is 1. The highest BCUT2D eigenvalue weighted by Gasteiger charge is 2.24. The summed E-state index contributed by atoms with van der Waals surface area (Å²) >= 11 is 0. The number of aliphatic carboxylic acids is 1. The molecular weight excluding hydrogens is 252 g/mol. The zero-order chi connectivity index (χ0) is 13.8. The third-order valence-electron chi connectivity index (χ3n) is 3.01. The Labute approximate surface area is 109 Å². The van der Waals surface area contributed by atoms with Gasteiger partial charge in [-0.05, 0) is 0 Å². The number of carbonyl (C=O) groups excluding carboxylic acids is 1.